The fourth-order valence-electron chi connectivity index (χ4n) is 3.47. The fourth-order valence-corrected chi connectivity index (χ4v) is 4.37. The lowest BCUT2D eigenvalue weighted by molar-refractivity contribution is 0.0175. The molecule has 0 bridgehead atoms. The summed E-state index contributed by atoms with van der Waals surface area (Å²) < 4.78 is 0. The molecule has 2 aliphatic heterocycles. The number of hydrogen-bond acceptors (Lipinski definition) is 4. The molecule has 1 amide bonds. The van der Waals surface area contributed by atoms with E-state index in [0.29, 0.717) is 32.0 Å². The molecule has 2 aliphatic rings. The second kappa shape index (κ2) is 6.30. The maximum absolute atomic E-state index is 12.6. The molecular formula is C17H26N2O2S. The summed E-state index contributed by atoms with van der Waals surface area (Å²) in [5.74, 6) is 0.526. The summed E-state index contributed by atoms with van der Waals surface area (Å²) >= 11 is 1.65. The molecule has 0 spiro atoms. The highest BCUT2D eigenvalue weighted by Crippen LogP contribution is 2.28. The number of amides is 1. The van der Waals surface area contributed by atoms with Gasteiger partial charge in [-0.25, -0.2) is 0 Å². The van der Waals surface area contributed by atoms with Gasteiger partial charge in [-0.1, -0.05) is 13.8 Å². The standard InChI is InChI=1S/C17H26N2O2S/c1-13(2)15-9-14(10-22-15)16(20)19-8-5-17(21,12-19)11-18-6-3-4-7-18/h9-10,13,21H,3-8,11-12H2,1-2H3/t17-/m1/s1. The summed E-state index contributed by atoms with van der Waals surface area (Å²) in [5.41, 5.74) is 0.0517. The summed E-state index contributed by atoms with van der Waals surface area (Å²) in [7, 11) is 0. The average Bonchev–Trinajstić information content (AvgIpc) is 3.18. The molecule has 22 heavy (non-hydrogen) atoms. The molecular weight excluding hydrogens is 296 g/mol. The van der Waals surface area contributed by atoms with Crippen LogP contribution in [0.3, 0.4) is 0 Å². The van der Waals surface area contributed by atoms with E-state index in [1.807, 2.05) is 16.3 Å². The Kier molecular flexibility index (Phi) is 4.57. The molecule has 122 valence electrons. The number of likely N-dealkylation sites (tertiary alicyclic amines) is 2. The van der Waals surface area contributed by atoms with E-state index in [9.17, 15) is 9.90 Å². The molecule has 3 rings (SSSR count). The first-order chi connectivity index (χ1) is 10.5. The molecule has 2 fully saturated rings. The lowest BCUT2D eigenvalue weighted by Gasteiger charge is -2.28. The van der Waals surface area contributed by atoms with Crippen molar-refractivity contribution in [2.45, 2.75) is 44.6 Å². The highest BCUT2D eigenvalue weighted by atomic mass is 32.1. The molecule has 4 nitrogen and oxygen atoms in total. The third-order valence-electron chi connectivity index (χ3n) is 4.77. The average molecular weight is 322 g/mol. The van der Waals surface area contributed by atoms with E-state index in [0.717, 1.165) is 18.7 Å². The lowest BCUT2D eigenvalue weighted by Crippen LogP contribution is -2.45. The molecule has 0 aliphatic carbocycles. The van der Waals surface area contributed by atoms with Crippen molar-refractivity contribution in [3.8, 4) is 0 Å². The Morgan fingerprint density at radius 1 is 1.36 bits per heavy atom. The van der Waals surface area contributed by atoms with Crippen molar-refractivity contribution >= 4 is 17.2 Å². The Bertz CT molecular complexity index is 537. The van der Waals surface area contributed by atoms with Gasteiger partial charge in [0.15, 0.2) is 0 Å². The maximum atomic E-state index is 12.6. The van der Waals surface area contributed by atoms with Crippen molar-refractivity contribution in [3.63, 3.8) is 0 Å². The number of carbonyl (C=O) groups excluding carboxylic acids is 1. The van der Waals surface area contributed by atoms with Crippen molar-refractivity contribution in [2.24, 2.45) is 0 Å². The number of rotatable bonds is 4. The van der Waals surface area contributed by atoms with Gasteiger partial charge in [0.1, 0.15) is 0 Å². The van der Waals surface area contributed by atoms with E-state index < -0.39 is 5.60 Å². The van der Waals surface area contributed by atoms with Crippen LogP contribution in [-0.4, -0.2) is 59.1 Å². The normalized spacial score (nSPS) is 26.3. The predicted octanol–water partition coefficient (Wildman–Crippen LogP) is 2.54. The molecule has 0 saturated carbocycles. The predicted molar refractivity (Wildman–Crippen MR) is 89.6 cm³/mol. The number of aliphatic hydroxyl groups is 1. The van der Waals surface area contributed by atoms with Crippen LogP contribution in [0.15, 0.2) is 11.4 Å². The number of nitrogens with zero attached hydrogens (tertiary/aromatic N) is 2. The molecule has 2 saturated heterocycles. The summed E-state index contributed by atoms with van der Waals surface area (Å²) in [4.78, 5) is 18.0. The van der Waals surface area contributed by atoms with Crippen LogP contribution in [0.5, 0.6) is 0 Å². The van der Waals surface area contributed by atoms with Gasteiger partial charge < -0.3 is 14.9 Å². The Morgan fingerprint density at radius 2 is 2.09 bits per heavy atom. The minimum Gasteiger partial charge on any atom is -0.387 e. The van der Waals surface area contributed by atoms with Gasteiger partial charge in [0, 0.05) is 23.3 Å². The quantitative estimate of drug-likeness (QED) is 0.926. The molecule has 1 N–H and O–H groups in total. The first-order valence-electron chi connectivity index (χ1n) is 8.29. The highest BCUT2D eigenvalue weighted by molar-refractivity contribution is 7.10. The van der Waals surface area contributed by atoms with Gasteiger partial charge in [0.2, 0.25) is 0 Å². The van der Waals surface area contributed by atoms with Gasteiger partial charge in [-0.05, 0) is 44.3 Å². The van der Waals surface area contributed by atoms with Crippen molar-refractivity contribution in [3.05, 3.63) is 21.9 Å². The monoisotopic (exact) mass is 322 g/mol. The topological polar surface area (TPSA) is 43.8 Å². The number of thiophene rings is 1. The fraction of sp³-hybridized carbons (Fsp3) is 0.706. The Hall–Kier alpha value is -0.910. The molecule has 5 heteroatoms. The molecule has 3 heterocycles. The van der Waals surface area contributed by atoms with Crippen LogP contribution in [-0.2, 0) is 0 Å². The van der Waals surface area contributed by atoms with Crippen molar-refractivity contribution < 1.29 is 9.90 Å². The van der Waals surface area contributed by atoms with Crippen LogP contribution in [0, 0.1) is 0 Å². The van der Waals surface area contributed by atoms with Crippen LogP contribution in [0.25, 0.3) is 0 Å². The molecule has 1 aromatic heterocycles. The van der Waals surface area contributed by atoms with Crippen LogP contribution in [0.4, 0.5) is 0 Å². The van der Waals surface area contributed by atoms with Crippen LogP contribution in [0.1, 0.15) is 54.3 Å². The van der Waals surface area contributed by atoms with E-state index >= 15 is 0 Å². The zero-order chi connectivity index (χ0) is 15.7. The first kappa shape index (κ1) is 16.0. The lowest BCUT2D eigenvalue weighted by atomic mass is 10.0. The third-order valence-corrected chi connectivity index (χ3v) is 6.01. The molecule has 1 aromatic rings. The van der Waals surface area contributed by atoms with E-state index in [1.54, 1.807) is 11.3 Å². The smallest absolute Gasteiger partial charge is 0.254 e. The van der Waals surface area contributed by atoms with E-state index in [-0.39, 0.29) is 5.91 Å². The molecule has 0 aromatic carbocycles. The van der Waals surface area contributed by atoms with Gasteiger partial charge in [-0.15, -0.1) is 11.3 Å². The van der Waals surface area contributed by atoms with Crippen LogP contribution < -0.4 is 0 Å². The highest BCUT2D eigenvalue weighted by Gasteiger charge is 2.40. The van der Waals surface area contributed by atoms with Crippen LogP contribution >= 0.6 is 11.3 Å². The van der Waals surface area contributed by atoms with Gasteiger partial charge in [0.05, 0.1) is 17.7 Å². The Labute approximate surface area is 136 Å². The van der Waals surface area contributed by atoms with Gasteiger partial charge in [0.25, 0.3) is 5.91 Å². The minimum atomic E-state index is -0.725. The number of hydrogen-bond donors (Lipinski definition) is 1. The second-order valence-electron chi connectivity index (χ2n) is 7.08. The number of β-amino-alcohol motifs (C(OH)–C–C–N with tert-alkyl or cyclic N) is 1. The van der Waals surface area contributed by atoms with Crippen LogP contribution in [0.2, 0.25) is 0 Å². The van der Waals surface area contributed by atoms with Gasteiger partial charge >= 0.3 is 0 Å². The summed E-state index contributed by atoms with van der Waals surface area (Å²) in [5, 5.41) is 12.7. The van der Waals surface area contributed by atoms with Gasteiger partial charge in [-0.2, -0.15) is 0 Å². The summed E-state index contributed by atoms with van der Waals surface area (Å²) in [6, 6.07) is 2.01. The Balaban J connectivity index is 1.62. The van der Waals surface area contributed by atoms with Crippen molar-refractivity contribution in [1.82, 2.24) is 9.80 Å². The zero-order valence-electron chi connectivity index (χ0n) is 13.5. The maximum Gasteiger partial charge on any atom is 0.254 e. The van der Waals surface area contributed by atoms with Crippen molar-refractivity contribution in [1.29, 1.82) is 0 Å². The van der Waals surface area contributed by atoms with E-state index in [2.05, 4.69) is 18.7 Å². The largest absolute Gasteiger partial charge is 0.387 e. The molecule has 1 atom stereocenters. The Morgan fingerprint density at radius 3 is 2.73 bits per heavy atom. The first-order valence-corrected chi connectivity index (χ1v) is 9.17. The van der Waals surface area contributed by atoms with E-state index in [4.69, 9.17) is 0 Å². The SMILES string of the molecule is CC(C)c1cc(C(=O)N2CC[C@@](O)(CN3CCCC3)C2)cs1. The van der Waals surface area contributed by atoms with E-state index in [1.165, 1.54) is 17.7 Å². The zero-order valence-corrected chi connectivity index (χ0v) is 14.4. The van der Waals surface area contributed by atoms with Gasteiger partial charge in [-0.3, -0.25) is 4.79 Å². The minimum absolute atomic E-state index is 0.0699. The van der Waals surface area contributed by atoms with Crippen molar-refractivity contribution in [2.75, 3.05) is 32.7 Å². The molecule has 0 unspecified atom stereocenters. The second-order valence-corrected chi connectivity index (χ2v) is 8.02. The summed E-state index contributed by atoms with van der Waals surface area (Å²) in [6.45, 7) is 8.29. The number of carbonyl (C=O) groups is 1. The molecule has 0 radical (unpaired) electrons. The summed E-state index contributed by atoms with van der Waals surface area (Å²) in [6.07, 6.45) is 3.15. The third kappa shape index (κ3) is 3.36.